The van der Waals surface area contributed by atoms with Crippen molar-refractivity contribution < 1.29 is 0 Å². The summed E-state index contributed by atoms with van der Waals surface area (Å²) in [5.41, 5.74) is 1.79. The summed E-state index contributed by atoms with van der Waals surface area (Å²) in [7, 11) is 0. The van der Waals surface area contributed by atoms with E-state index in [1.165, 1.54) is 6.42 Å². The van der Waals surface area contributed by atoms with Crippen molar-refractivity contribution in [2.75, 3.05) is 18.0 Å². The van der Waals surface area contributed by atoms with Gasteiger partial charge < -0.3 is 4.90 Å². The van der Waals surface area contributed by atoms with Crippen LogP contribution in [0.4, 0.5) is 5.95 Å². The van der Waals surface area contributed by atoms with Gasteiger partial charge in [0.2, 0.25) is 5.95 Å². The Bertz CT molecular complexity index is 525. The Balaban J connectivity index is 2.21. The number of hydrogen-bond acceptors (Lipinski definition) is 3. The maximum absolute atomic E-state index is 12.4. The van der Waals surface area contributed by atoms with Crippen LogP contribution >= 0.6 is 0 Å². The van der Waals surface area contributed by atoms with Gasteiger partial charge in [0.05, 0.1) is 0 Å². The Morgan fingerprint density at radius 3 is 2.43 bits per heavy atom. The molecule has 1 fully saturated rings. The van der Waals surface area contributed by atoms with Crippen LogP contribution in [0.5, 0.6) is 0 Å². The van der Waals surface area contributed by atoms with Gasteiger partial charge in [-0.15, -0.1) is 0 Å². The molecule has 0 radical (unpaired) electrons. The third kappa shape index (κ3) is 4.08. The topological polar surface area (TPSA) is 49.0 Å². The summed E-state index contributed by atoms with van der Waals surface area (Å²) in [5, 5.41) is 0. The third-order valence-electron chi connectivity index (χ3n) is 4.35. The van der Waals surface area contributed by atoms with Gasteiger partial charge in [-0.2, -0.15) is 0 Å². The highest BCUT2D eigenvalue weighted by molar-refractivity contribution is 5.34. The van der Waals surface area contributed by atoms with Gasteiger partial charge in [0.1, 0.15) is 0 Å². The molecule has 2 rings (SSSR count). The third-order valence-corrected chi connectivity index (χ3v) is 4.35. The lowest BCUT2D eigenvalue weighted by Gasteiger charge is -2.35. The van der Waals surface area contributed by atoms with E-state index >= 15 is 0 Å². The van der Waals surface area contributed by atoms with Crippen LogP contribution in [-0.4, -0.2) is 23.1 Å². The first-order valence-electron chi connectivity index (χ1n) is 8.21. The first-order chi connectivity index (χ1) is 9.86. The van der Waals surface area contributed by atoms with E-state index in [4.69, 9.17) is 0 Å². The van der Waals surface area contributed by atoms with E-state index in [0.29, 0.717) is 17.8 Å². The quantitative estimate of drug-likeness (QED) is 0.927. The summed E-state index contributed by atoms with van der Waals surface area (Å²) in [6.45, 7) is 12.8. The van der Waals surface area contributed by atoms with Gasteiger partial charge >= 0.3 is 0 Å². The Kier molecular flexibility index (Phi) is 5.07. The van der Waals surface area contributed by atoms with Gasteiger partial charge in [0, 0.05) is 24.3 Å². The average molecular weight is 291 g/mol. The van der Waals surface area contributed by atoms with E-state index in [-0.39, 0.29) is 5.56 Å². The minimum absolute atomic E-state index is 0.0454. The van der Waals surface area contributed by atoms with E-state index in [0.717, 1.165) is 43.1 Å². The molecule has 0 aromatic carbocycles. The number of rotatable bonds is 4. The van der Waals surface area contributed by atoms with E-state index < -0.39 is 0 Å². The second-order valence-corrected chi connectivity index (χ2v) is 7.24. The van der Waals surface area contributed by atoms with Gasteiger partial charge in [-0.25, -0.2) is 4.98 Å². The summed E-state index contributed by atoms with van der Waals surface area (Å²) < 4.78 is 0. The molecule has 4 heteroatoms. The van der Waals surface area contributed by atoms with Crippen LogP contribution in [0.25, 0.3) is 0 Å². The second kappa shape index (κ2) is 6.63. The van der Waals surface area contributed by atoms with Crippen molar-refractivity contribution in [3.63, 3.8) is 0 Å². The van der Waals surface area contributed by atoms with Crippen LogP contribution < -0.4 is 10.5 Å². The molecule has 21 heavy (non-hydrogen) atoms. The minimum atomic E-state index is 0.0454. The number of anilines is 1. The minimum Gasteiger partial charge on any atom is -0.342 e. The molecule has 1 aliphatic rings. The molecule has 0 spiro atoms. The lowest BCUT2D eigenvalue weighted by molar-refractivity contribution is 0.353. The fourth-order valence-electron chi connectivity index (χ4n) is 3.31. The average Bonchev–Trinajstić information content (AvgIpc) is 2.36. The normalized spacial score (nSPS) is 22.9. The van der Waals surface area contributed by atoms with E-state index in [9.17, 15) is 4.79 Å². The molecule has 2 atom stereocenters. The maximum Gasteiger partial charge on any atom is 0.255 e. The summed E-state index contributed by atoms with van der Waals surface area (Å²) >= 11 is 0. The van der Waals surface area contributed by atoms with Crippen LogP contribution in [0.2, 0.25) is 0 Å². The van der Waals surface area contributed by atoms with Crippen LogP contribution in [0, 0.1) is 24.7 Å². The predicted octanol–water partition coefficient (Wildman–Crippen LogP) is 3.15. The maximum atomic E-state index is 12.4. The molecule has 2 heterocycles. The van der Waals surface area contributed by atoms with Crippen molar-refractivity contribution in [1.82, 2.24) is 9.97 Å². The molecule has 0 aliphatic carbocycles. The Hall–Kier alpha value is -1.32. The summed E-state index contributed by atoms with van der Waals surface area (Å²) in [5.74, 6) is 2.66. The van der Waals surface area contributed by atoms with Crippen molar-refractivity contribution in [2.45, 2.75) is 53.9 Å². The van der Waals surface area contributed by atoms with Gasteiger partial charge in [0.25, 0.3) is 5.56 Å². The SMILES string of the molecule is Cc1nc(N2CC(C)CC(C)C2)[nH]c(=O)c1CCC(C)C. The van der Waals surface area contributed by atoms with Gasteiger partial charge in [-0.05, 0) is 43.9 Å². The van der Waals surface area contributed by atoms with Crippen molar-refractivity contribution >= 4 is 5.95 Å². The number of aromatic nitrogens is 2. The molecule has 0 amide bonds. The predicted molar refractivity (Wildman–Crippen MR) is 87.9 cm³/mol. The molecule has 0 bridgehead atoms. The van der Waals surface area contributed by atoms with Gasteiger partial charge in [-0.3, -0.25) is 9.78 Å². The molecular formula is C17H29N3O. The number of aryl methyl sites for hydroxylation is 1. The highest BCUT2D eigenvalue weighted by Gasteiger charge is 2.24. The zero-order chi connectivity index (χ0) is 15.6. The fourth-order valence-corrected chi connectivity index (χ4v) is 3.31. The van der Waals surface area contributed by atoms with Crippen LogP contribution in [0.3, 0.4) is 0 Å². The Morgan fingerprint density at radius 1 is 1.29 bits per heavy atom. The molecular weight excluding hydrogens is 262 g/mol. The zero-order valence-electron chi connectivity index (χ0n) is 14.1. The van der Waals surface area contributed by atoms with Crippen molar-refractivity contribution in [1.29, 1.82) is 0 Å². The van der Waals surface area contributed by atoms with E-state index in [1.54, 1.807) is 0 Å². The Labute approximate surface area is 128 Å². The lowest BCUT2D eigenvalue weighted by atomic mass is 9.92. The molecule has 0 saturated carbocycles. The van der Waals surface area contributed by atoms with Crippen molar-refractivity contribution in [3.05, 3.63) is 21.6 Å². The van der Waals surface area contributed by atoms with Gasteiger partial charge in [0.15, 0.2) is 0 Å². The number of nitrogens with one attached hydrogen (secondary N) is 1. The zero-order valence-corrected chi connectivity index (χ0v) is 14.1. The molecule has 1 aliphatic heterocycles. The smallest absolute Gasteiger partial charge is 0.255 e. The Morgan fingerprint density at radius 2 is 1.90 bits per heavy atom. The monoisotopic (exact) mass is 291 g/mol. The number of piperidine rings is 1. The van der Waals surface area contributed by atoms with Crippen LogP contribution in [0.1, 0.15) is 51.8 Å². The fraction of sp³-hybridized carbons (Fsp3) is 0.765. The molecule has 4 nitrogen and oxygen atoms in total. The molecule has 118 valence electrons. The molecule has 1 aromatic heterocycles. The first-order valence-corrected chi connectivity index (χ1v) is 8.21. The van der Waals surface area contributed by atoms with Crippen LogP contribution in [-0.2, 0) is 6.42 Å². The summed E-state index contributed by atoms with van der Waals surface area (Å²) in [6, 6.07) is 0. The molecule has 1 aromatic rings. The number of H-pyrrole nitrogens is 1. The van der Waals surface area contributed by atoms with Gasteiger partial charge in [-0.1, -0.05) is 27.7 Å². The van der Waals surface area contributed by atoms with Crippen molar-refractivity contribution in [3.8, 4) is 0 Å². The van der Waals surface area contributed by atoms with E-state index in [2.05, 4.69) is 42.6 Å². The molecule has 1 saturated heterocycles. The summed E-state index contributed by atoms with van der Waals surface area (Å²) in [6.07, 6.45) is 3.10. The largest absolute Gasteiger partial charge is 0.342 e. The number of aromatic amines is 1. The first kappa shape index (κ1) is 16.1. The van der Waals surface area contributed by atoms with E-state index in [1.807, 2.05) is 6.92 Å². The highest BCUT2D eigenvalue weighted by atomic mass is 16.1. The molecule has 2 unspecified atom stereocenters. The summed E-state index contributed by atoms with van der Waals surface area (Å²) in [4.78, 5) is 22.3. The van der Waals surface area contributed by atoms with Crippen LogP contribution in [0.15, 0.2) is 4.79 Å². The standard InChI is InChI=1S/C17H29N3O/c1-11(2)6-7-15-14(5)18-17(19-16(15)21)20-9-12(3)8-13(4)10-20/h11-13H,6-10H2,1-5H3,(H,18,19,21). The molecule has 1 N–H and O–H groups in total. The number of hydrogen-bond donors (Lipinski definition) is 1. The second-order valence-electron chi connectivity index (χ2n) is 7.24. The lowest BCUT2D eigenvalue weighted by Crippen LogP contribution is -2.40. The highest BCUT2D eigenvalue weighted by Crippen LogP contribution is 2.24. The number of nitrogens with zero attached hydrogens (tertiary/aromatic N) is 2. The van der Waals surface area contributed by atoms with Crippen molar-refractivity contribution in [2.24, 2.45) is 17.8 Å².